The number of benzene rings is 2. The Balaban J connectivity index is 1.23. The van der Waals surface area contributed by atoms with E-state index in [1.165, 1.54) is 24.5 Å². The zero-order valence-corrected chi connectivity index (χ0v) is 27.7. The number of carbonyl (C=O) groups is 1. The standard InChI is InChI=1S/C34H41ClFN7O4/c1-5-34(44)40-27-15-28(31(45-4)16-30(27)41-9-6-26(7-10-41)42-18-21(2)47-22(3)19-42)39-32-17-33(38-20-37-32)43-29(8-11-46-43)23-12-24(35)14-25(36)13-23/h5,12-17,20-22,26,29H,1,6-11,18-19H2,2-4H3,(H,40,44)(H,37,38,39)/t21-,22+,29?. The van der Waals surface area contributed by atoms with Gasteiger partial charge in [0.2, 0.25) is 5.91 Å². The second kappa shape index (κ2) is 14.4. The van der Waals surface area contributed by atoms with Crippen LogP contribution >= 0.6 is 11.6 Å². The van der Waals surface area contributed by atoms with Crippen molar-refractivity contribution in [1.29, 1.82) is 0 Å². The van der Waals surface area contributed by atoms with Crippen molar-refractivity contribution in [3.8, 4) is 5.75 Å². The number of hydrogen-bond donors (Lipinski definition) is 2. The Morgan fingerprint density at radius 1 is 1.06 bits per heavy atom. The number of amides is 1. The van der Waals surface area contributed by atoms with E-state index in [4.69, 9.17) is 25.9 Å². The first kappa shape index (κ1) is 33.0. The molecule has 3 fully saturated rings. The SMILES string of the molecule is C=CC(=O)Nc1cc(Nc2cc(N3OCCC3c3cc(F)cc(Cl)c3)ncn2)c(OC)cc1N1CCC(N2C[C@@H](C)O[C@@H](C)C2)CC1. The number of morpholine rings is 1. The van der Waals surface area contributed by atoms with Crippen LogP contribution in [0.15, 0.2) is 55.4 Å². The van der Waals surface area contributed by atoms with Crippen LogP contribution in [0, 0.1) is 5.82 Å². The third-order valence-electron chi connectivity index (χ3n) is 8.85. The van der Waals surface area contributed by atoms with Crippen molar-refractivity contribution in [3.63, 3.8) is 0 Å². The summed E-state index contributed by atoms with van der Waals surface area (Å²) in [6.07, 6.45) is 5.77. The maximum atomic E-state index is 14.2. The summed E-state index contributed by atoms with van der Waals surface area (Å²) in [7, 11) is 1.61. The van der Waals surface area contributed by atoms with E-state index >= 15 is 0 Å². The highest BCUT2D eigenvalue weighted by Crippen LogP contribution is 2.41. The predicted octanol–water partition coefficient (Wildman–Crippen LogP) is 6.11. The largest absolute Gasteiger partial charge is 0.494 e. The van der Waals surface area contributed by atoms with Crippen LogP contribution in [0.2, 0.25) is 5.02 Å². The van der Waals surface area contributed by atoms with Crippen LogP contribution < -0.4 is 25.3 Å². The Bertz CT molecular complexity index is 1570. The highest BCUT2D eigenvalue weighted by atomic mass is 35.5. The number of nitrogens with zero attached hydrogens (tertiary/aromatic N) is 5. The molecule has 0 saturated carbocycles. The van der Waals surface area contributed by atoms with Gasteiger partial charge in [0.05, 0.1) is 49.0 Å². The number of hydroxylamine groups is 1. The first-order valence-corrected chi connectivity index (χ1v) is 16.4. The fourth-order valence-corrected chi connectivity index (χ4v) is 7.04. The monoisotopic (exact) mass is 665 g/mol. The molecule has 0 aliphatic carbocycles. The summed E-state index contributed by atoms with van der Waals surface area (Å²) in [5.41, 5.74) is 2.79. The van der Waals surface area contributed by atoms with Crippen molar-refractivity contribution in [3.05, 3.63) is 71.8 Å². The fraction of sp³-hybridized carbons (Fsp3) is 0.441. The second-order valence-electron chi connectivity index (χ2n) is 12.2. The van der Waals surface area contributed by atoms with E-state index in [-0.39, 0.29) is 24.2 Å². The van der Waals surface area contributed by atoms with E-state index in [2.05, 4.69) is 50.8 Å². The van der Waals surface area contributed by atoms with Gasteiger partial charge in [-0.3, -0.25) is 14.5 Å². The Kier molecular flexibility index (Phi) is 10.1. The number of nitrogens with one attached hydrogen (secondary N) is 2. The van der Waals surface area contributed by atoms with Crippen molar-refractivity contribution in [2.24, 2.45) is 0 Å². The van der Waals surface area contributed by atoms with Crippen molar-refractivity contribution in [2.75, 3.05) is 60.5 Å². The summed E-state index contributed by atoms with van der Waals surface area (Å²) >= 11 is 6.14. The van der Waals surface area contributed by atoms with Gasteiger partial charge in [-0.05, 0) is 62.6 Å². The van der Waals surface area contributed by atoms with Crippen LogP contribution in [0.3, 0.4) is 0 Å². The molecule has 47 heavy (non-hydrogen) atoms. The highest BCUT2D eigenvalue weighted by Gasteiger charge is 2.32. The molecule has 4 heterocycles. The van der Waals surface area contributed by atoms with E-state index in [0.29, 0.717) is 58.4 Å². The third kappa shape index (κ3) is 7.62. The van der Waals surface area contributed by atoms with Crippen LogP contribution in [0.25, 0.3) is 0 Å². The quantitative estimate of drug-likeness (QED) is 0.260. The molecule has 1 aromatic heterocycles. The molecular formula is C34H41ClFN7O4. The maximum absolute atomic E-state index is 14.2. The predicted molar refractivity (Wildman–Crippen MR) is 181 cm³/mol. The molecule has 3 aromatic rings. The number of carbonyl (C=O) groups excluding carboxylic acids is 1. The molecule has 11 nitrogen and oxygen atoms in total. The molecular weight excluding hydrogens is 625 g/mol. The molecule has 0 spiro atoms. The molecule has 6 rings (SSSR count). The summed E-state index contributed by atoms with van der Waals surface area (Å²) in [6, 6.07) is 10.2. The minimum atomic E-state index is -0.412. The van der Waals surface area contributed by atoms with Crippen molar-refractivity contribution < 1.29 is 23.5 Å². The van der Waals surface area contributed by atoms with Crippen LogP contribution in [0.1, 0.15) is 44.7 Å². The zero-order chi connectivity index (χ0) is 33.1. The van der Waals surface area contributed by atoms with Gasteiger partial charge in [0.15, 0.2) is 5.82 Å². The lowest BCUT2D eigenvalue weighted by Crippen LogP contribution is -2.53. The Morgan fingerprint density at radius 2 is 1.83 bits per heavy atom. The normalized spacial score (nSPS) is 22.3. The summed E-state index contributed by atoms with van der Waals surface area (Å²) in [6.45, 7) is 11.9. The fourth-order valence-electron chi connectivity index (χ4n) is 6.81. The molecule has 1 amide bonds. The van der Waals surface area contributed by atoms with Gasteiger partial charge < -0.3 is 25.0 Å². The molecule has 2 aromatic carbocycles. The lowest BCUT2D eigenvalue weighted by atomic mass is 10.00. The zero-order valence-electron chi connectivity index (χ0n) is 26.9. The van der Waals surface area contributed by atoms with Gasteiger partial charge >= 0.3 is 0 Å². The third-order valence-corrected chi connectivity index (χ3v) is 9.06. The molecule has 2 N–H and O–H groups in total. The molecule has 3 atom stereocenters. The molecule has 0 radical (unpaired) electrons. The number of ether oxygens (including phenoxy) is 2. The minimum absolute atomic E-state index is 0.226. The summed E-state index contributed by atoms with van der Waals surface area (Å²) in [5, 5.41) is 8.28. The van der Waals surface area contributed by atoms with Crippen LogP contribution in [-0.2, 0) is 14.4 Å². The van der Waals surface area contributed by atoms with E-state index < -0.39 is 5.82 Å². The van der Waals surface area contributed by atoms with Gasteiger partial charge in [0.25, 0.3) is 0 Å². The molecule has 1 unspecified atom stereocenters. The first-order valence-electron chi connectivity index (χ1n) is 16.0. The van der Waals surface area contributed by atoms with Crippen molar-refractivity contribution in [2.45, 2.75) is 57.4 Å². The smallest absolute Gasteiger partial charge is 0.247 e. The van der Waals surface area contributed by atoms with Gasteiger partial charge in [-0.1, -0.05) is 18.2 Å². The number of anilines is 5. The minimum Gasteiger partial charge on any atom is -0.494 e. The summed E-state index contributed by atoms with van der Waals surface area (Å²) < 4.78 is 25.9. The summed E-state index contributed by atoms with van der Waals surface area (Å²) in [5.74, 6) is 0.827. The number of piperidine rings is 1. The molecule has 0 bridgehead atoms. The number of rotatable bonds is 9. The number of hydrogen-bond acceptors (Lipinski definition) is 10. The van der Waals surface area contributed by atoms with Gasteiger partial charge in [0.1, 0.15) is 23.7 Å². The molecule has 3 saturated heterocycles. The van der Waals surface area contributed by atoms with E-state index in [0.717, 1.165) is 44.7 Å². The van der Waals surface area contributed by atoms with Crippen LogP contribution in [-0.4, -0.2) is 78.9 Å². The second-order valence-corrected chi connectivity index (χ2v) is 12.7. The van der Waals surface area contributed by atoms with Gasteiger partial charge in [0, 0.05) is 55.8 Å². The molecule has 3 aliphatic rings. The topological polar surface area (TPSA) is 104 Å². The average molecular weight is 666 g/mol. The Morgan fingerprint density at radius 3 is 2.53 bits per heavy atom. The first-order chi connectivity index (χ1) is 22.7. The molecule has 250 valence electrons. The number of aromatic nitrogens is 2. The number of methoxy groups -OCH3 is 1. The van der Waals surface area contributed by atoms with E-state index in [1.54, 1.807) is 24.3 Å². The highest BCUT2D eigenvalue weighted by molar-refractivity contribution is 6.30. The Labute approximate surface area is 279 Å². The van der Waals surface area contributed by atoms with Crippen LogP contribution in [0.4, 0.5) is 33.1 Å². The van der Waals surface area contributed by atoms with Crippen molar-refractivity contribution >= 4 is 46.2 Å². The van der Waals surface area contributed by atoms with E-state index in [9.17, 15) is 9.18 Å². The summed E-state index contributed by atoms with van der Waals surface area (Å²) in [4.78, 5) is 32.2. The van der Waals surface area contributed by atoms with E-state index in [1.807, 2.05) is 12.1 Å². The van der Waals surface area contributed by atoms with Gasteiger partial charge in [-0.25, -0.2) is 19.4 Å². The Hall–Kier alpha value is -3.97. The van der Waals surface area contributed by atoms with Crippen LogP contribution in [0.5, 0.6) is 5.75 Å². The maximum Gasteiger partial charge on any atom is 0.247 e. The molecule has 13 heteroatoms. The van der Waals surface area contributed by atoms with Crippen molar-refractivity contribution in [1.82, 2.24) is 14.9 Å². The lowest BCUT2D eigenvalue weighted by molar-refractivity contribution is -0.111. The molecule has 3 aliphatic heterocycles. The lowest BCUT2D eigenvalue weighted by Gasteiger charge is -2.44. The number of halogens is 2. The average Bonchev–Trinajstić information content (AvgIpc) is 3.55. The van der Waals surface area contributed by atoms with Gasteiger partial charge in [-0.2, -0.15) is 0 Å². The van der Waals surface area contributed by atoms with Gasteiger partial charge in [-0.15, -0.1) is 0 Å².